The van der Waals surface area contributed by atoms with Crippen LogP contribution in [-0.4, -0.2) is 24.0 Å². The van der Waals surface area contributed by atoms with E-state index < -0.39 is 11.5 Å². The number of hydrogen-bond acceptors (Lipinski definition) is 4. The summed E-state index contributed by atoms with van der Waals surface area (Å²) in [4.78, 5) is 27.4. The van der Waals surface area contributed by atoms with Crippen LogP contribution in [0, 0.1) is 13.8 Å². The molecule has 1 aliphatic rings. The van der Waals surface area contributed by atoms with Crippen molar-refractivity contribution in [2.24, 2.45) is 0 Å². The van der Waals surface area contributed by atoms with Crippen molar-refractivity contribution in [1.29, 1.82) is 0 Å². The first-order valence-corrected chi connectivity index (χ1v) is 9.00. The zero-order valence-electron chi connectivity index (χ0n) is 16.1. The summed E-state index contributed by atoms with van der Waals surface area (Å²) in [7, 11) is 0. The first kappa shape index (κ1) is 18.7. The number of rotatable bonds is 5. The molecule has 1 heterocycles. The number of carbonyl (C=O) groups is 2. The molecule has 27 heavy (non-hydrogen) atoms. The smallest absolute Gasteiger partial charge is 0.336 e. The van der Waals surface area contributed by atoms with Gasteiger partial charge in [-0.15, -0.1) is 0 Å². The lowest BCUT2D eigenvalue weighted by Crippen LogP contribution is -2.51. The first-order valence-electron chi connectivity index (χ1n) is 9.00. The molecule has 2 aromatic rings. The largest absolute Gasteiger partial charge is 0.464 e. The minimum atomic E-state index is -1.21. The third-order valence-corrected chi connectivity index (χ3v) is 4.63. The lowest BCUT2D eigenvalue weighted by molar-refractivity contribution is -0.147. The molecule has 0 spiro atoms. The van der Waals surface area contributed by atoms with Crippen LogP contribution in [0.1, 0.15) is 25.0 Å². The van der Waals surface area contributed by atoms with Gasteiger partial charge >= 0.3 is 5.97 Å². The fourth-order valence-corrected chi connectivity index (χ4v) is 3.13. The monoisotopic (exact) mass is 364 g/mol. The summed E-state index contributed by atoms with van der Waals surface area (Å²) in [6, 6.07) is 15.2. The fraction of sp³-hybridized carbons (Fsp3) is 0.273. The molecule has 1 N–H and O–H groups in total. The standard InChI is InChI=1S/C22H24N2O3/c1-5-27-21(26)22(4)14-19(23-17-10-6-15(2)7-11-17)20(25)24(22)18-12-8-16(3)9-13-18/h6-14,23H,5H2,1-4H3/t22-/m0/s1. The number of benzene rings is 2. The van der Waals surface area contributed by atoms with Crippen molar-refractivity contribution >= 4 is 23.3 Å². The van der Waals surface area contributed by atoms with Crippen molar-refractivity contribution in [3.8, 4) is 0 Å². The Morgan fingerprint density at radius 1 is 1.04 bits per heavy atom. The van der Waals surface area contributed by atoms with Crippen LogP contribution in [0.2, 0.25) is 0 Å². The Morgan fingerprint density at radius 2 is 1.59 bits per heavy atom. The van der Waals surface area contributed by atoms with Gasteiger partial charge in [0.2, 0.25) is 0 Å². The lowest BCUT2D eigenvalue weighted by atomic mass is 10.0. The van der Waals surface area contributed by atoms with E-state index >= 15 is 0 Å². The molecule has 0 bridgehead atoms. The summed E-state index contributed by atoms with van der Waals surface area (Å²) in [6.07, 6.45) is 1.65. The zero-order valence-corrected chi connectivity index (χ0v) is 16.1. The van der Waals surface area contributed by atoms with Crippen LogP contribution >= 0.6 is 0 Å². The Morgan fingerprint density at radius 3 is 2.15 bits per heavy atom. The molecule has 0 radical (unpaired) electrons. The summed E-state index contributed by atoms with van der Waals surface area (Å²) < 4.78 is 5.26. The molecule has 0 saturated heterocycles. The molecule has 2 aromatic carbocycles. The molecule has 1 aliphatic heterocycles. The molecular weight excluding hydrogens is 340 g/mol. The fourth-order valence-electron chi connectivity index (χ4n) is 3.13. The molecule has 5 nitrogen and oxygen atoms in total. The number of ether oxygens (including phenoxy) is 1. The highest BCUT2D eigenvalue weighted by Crippen LogP contribution is 2.35. The van der Waals surface area contributed by atoms with Crippen LogP contribution < -0.4 is 10.2 Å². The maximum Gasteiger partial charge on any atom is 0.336 e. The second kappa shape index (κ2) is 7.27. The van der Waals surface area contributed by atoms with E-state index in [2.05, 4.69) is 5.32 Å². The SMILES string of the molecule is CCOC(=O)[C@]1(C)C=C(Nc2ccc(C)cc2)C(=O)N1c1ccc(C)cc1. The summed E-state index contributed by atoms with van der Waals surface area (Å²) >= 11 is 0. The van der Waals surface area contributed by atoms with E-state index in [-0.39, 0.29) is 12.5 Å². The second-order valence-electron chi connectivity index (χ2n) is 6.89. The van der Waals surface area contributed by atoms with Gasteiger partial charge in [-0.25, -0.2) is 4.79 Å². The molecule has 0 saturated carbocycles. The molecule has 0 aromatic heterocycles. The summed E-state index contributed by atoms with van der Waals surface area (Å²) in [5.41, 5.74) is 2.79. The van der Waals surface area contributed by atoms with Crippen LogP contribution in [0.4, 0.5) is 11.4 Å². The number of anilines is 2. The van der Waals surface area contributed by atoms with E-state index in [0.717, 1.165) is 16.8 Å². The van der Waals surface area contributed by atoms with E-state index in [1.54, 1.807) is 19.9 Å². The third kappa shape index (κ3) is 3.58. The van der Waals surface area contributed by atoms with E-state index in [0.29, 0.717) is 11.4 Å². The van der Waals surface area contributed by atoms with Crippen LogP contribution in [0.5, 0.6) is 0 Å². The number of nitrogens with one attached hydrogen (secondary N) is 1. The topological polar surface area (TPSA) is 58.6 Å². The van der Waals surface area contributed by atoms with Gasteiger partial charge in [0.1, 0.15) is 5.70 Å². The van der Waals surface area contributed by atoms with Crippen LogP contribution in [0.25, 0.3) is 0 Å². The molecule has 140 valence electrons. The molecule has 0 unspecified atom stereocenters. The van der Waals surface area contributed by atoms with Gasteiger partial charge in [0, 0.05) is 11.4 Å². The predicted octanol–water partition coefficient (Wildman–Crippen LogP) is 3.97. The van der Waals surface area contributed by atoms with Gasteiger partial charge in [-0.3, -0.25) is 9.69 Å². The average molecular weight is 364 g/mol. The average Bonchev–Trinajstić information content (AvgIpc) is 2.90. The minimum Gasteiger partial charge on any atom is -0.464 e. The highest BCUT2D eigenvalue weighted by Gasteiger charge is 2.49. The third-order valence-electron chi connectivity index (χ3n) is 4.63. The Balaban J connectivity index is 1.99. The van der Waals surface area contributed by atoms with E-state index in [1.165, 1.54) is 4.90 Å². The summed E-state index contributed by atoms with van der Waals surface area (Å²) in [5, 5.41) is 3.14. The van der Waals surface area contributed by atoms with Gasteiger partial charge in [0.25, 0.3) is 5.91 Å². The van der Waals surface area contributed by atoms with Crippen molar-refractivity contribution in [3.63, 3.8) is 0 Å². The van der Waals surface area contributed by atoms with Gasteiger partial charge in [-0.1, -0.05) is 35.4 Å². The van der Waals surface area contributed by atoms with Gasteiger partial charge in [0.15, 0.2) is 5.54 Å². The number of hydrogen-bond donors (Lipinski definition) is 1. The van der Waals surface area contributed by atoms with Gasteiger partial charge in [0.05, 0.1) is 6.61 Å². The van der Waals surface area contributed by atoms with Crippen molar-refractivity contribution < 1.29 is 14.3 Å². The number of aryl methyl sites for hydroxylation is 2. The van der Waals surface area contributed by atoms with E-state index in [4.69, 9.17) is 4.74 Å². The Labute approximate surface area is 159 Å². The normalized spacial score (nSPS) is 19.0. The molecule has 0 fully saturated rings. The summed E-state index contributed by atoms with van der Waals surface area (Å²) in [6.45, 7) is 7.68. The minimum absolute atomic E-state index is 0.249. The predicted molar refractivity (Wildman–Crippen MR) is 107 cm³/mol. The van der Waals surface area contributed by atoms with Crippen LogP contribution in [-0.2, 0) is 14.3 Å². The van der Waals surface area contributed by atoms with Crippen LogP contribution in [0.3, 0.4) is 0 Å². The molecular formula is C22H24N2O3. The number of nitrogens with zero attached hydrogens (tertiary/aromatic N) is 1. The molecule has 0 aliphatic carbocycles. The maximum absolute atomic E-state index is 13.2. The van der Waals surface area contributed by atoms with Gasteiger partial charge in [-0.05, 0) is 58.0 Å². The van der Waals surface area contributed by atoms with E-state index in [9.17, 15) is 9.59 Å². The first-order chi connectivity index (χ1) is 12.8. The second-order valence-corrected chi connectivity index (χ2v) is 6.89. The quantitative estimate of drug-likeness (QED) is 0.816. The Kier molecular flexibility index (Phi) is 5.04. The number of amides is 1. The van der Waals surface area contributed by atoms with Crippen molar-refractivity contribution in [2.75, 3.05) is 16.8 Å². The molecule has 1 amide bonds. The van der Waals surface area contributed by atoms with E-state index in [1.807, 2.05) is 62.4 Å². The number of carbonyl (C=O) groups excluding carboxylic acids is 2. The zero-order chi connectivity index (χ0) is 19.6. The van der Waals surface area contributed by atoms with Crippen LogP contribution in [0.15, 0.2) is 60.3 Å². The number of esters is 1. The van der Waals surface area contributed by atoms with Crippen molar-refractivity contribution in [2.45, 2.75) is 33.2 Å². The lowest BCUT2D eigenvalue weighted by Gasteiger charge is -2.32. The Bertz CT molecular complexity index is 885. The highest BCUT2D eigenvalue weighted by molar-refractivity contribution is 6.16. The molecule has 1 atom stereocenters. The van der Waals surface area contributed by atoms with Crippen molar-refractivity contribution in [3.05, 3.63) is 71.4 Å². The summed E-state index contributed by atoms with van der Waals surface area (Å²) in [5.74, 6) is -0.727. The highest BCUT2D eigenvalue weighted by atomic mass is 16.5. The molecule has 3 rings (SSSR count). The van der Waals surface area contributed by atoms with Crippen molar-refractivity contribution in [1.82, 2.24) is 0 Å². The molecule has 5 heteroatoms. The Hall–Kier alpha value is -3.08. The van der Waals surface area contributed by atoms with Gasteiger partial charge < -0.3 is 10.1 Å². The maximum atomic E-state index is 13.2. The van der Waals surface area contributed by atoms with Gasteiger partial charge in [-0.2, -0.15) is 0 Å².